The third-order valence-corrected chi connectivity index (χ3v) is 7.68. The predicted molar refractivity (Wildman–Crippen MR) is 78.8 cm³/mol. The number of carbonyl (C=O) groups excluding carboxylic acids is 1. The highest BCUT2D eigenvalue weighted by atomic mass is 16.1. The van der Waals surface area contributed by atoms with Crippen LogP contribution in [0.3, 0.4) is 0 Å². The van der Waals surface area contributed by atoms with Crippen LogP contribution in [0.25, 0.3) is 0 Å². The van der Waals surface area contributed by atoms with Crippen molar-refractivity contribution in [3.63, 3.8) is 0 Å². The Hall–Kier alpha value is -0.330. The molecule has 0 aliphatic heterocycles. The summed E-state index contributed by atoms with van der Waals surface area (Å²) in [5, 5.41) is 0. The second-order valence-corrected chi connectivity index (χ2v) is 8.26. The molecule has 1 heteroatoms. The molecule has 5 atom stereocenters. The average molecular weight is 262 g/mol. The molecule has 2 bridgehead atoms. The van der Waals surface area contributed by atoms with E-state index >= 15 is 0 Å². The van der Waals surface area contributed by atoms with Crippen LogP contribution in [0.15, 0.2) is 0 Å². The molecule has 3 saturated carbocycles. The maximum absolute atomic E-state index is 12.8. The Bertz CT molecular complexity index is 383. The number of Topliss-reactive ketones (excluding diaryl/α,β-unsaturated/α-hetero) is 1. The van der Waals surface area contributed by atoms with Gasteiger partial charge in [-0.25, -0.2) is 0 Å². The van der Waals surface area contributed by atoms with Crippen LogP contribution in [-0.4, -0.2) is 5.78 Å². The van der Waals surface area contributed by atoms with E-state index < -0.39 is 0 Å². The van der Waals surface area contributed by atoms with E-state index in [1.54, 1.807) is 0 Å². The normalized spacial score (nSPS) is 48.7. The van der Waals surface area contributed by atoms with Gasteiger partial charge in [0.2, 0.25) is 0 Å². The molecule has 0 aromatic rings. The standard InChI is InChI=1S/C18H30O/c1-5-12-7-6-8-14(16(12)19)15-11-13-9-10-18(15,4)17(13,2)3/h12-15H,5-11H2,1-4H3/t12?,13-,14?,15+,18+/m1/s1. The maximum Gasteiger partial charge on any atom is 0.139 e. The number of hydrogen-bond donors (Lipinski definition) is 0. The molecule has 0 saturated heterocycles. The lowest BCUT2D eigenvalue weighted by Gasteiger charge is -2.44. The molecule has 0 N–H and O–H groups in total. The number of carbonyl (C=O) groups is 1. The fraction of sp³-hybridized carbons (Fsp3) is 0.944. The van der Waals surface area contributed by atoms with Crippen molar-refractivity contribution in [1.82, 2.24) is 0 Å². The molecular weight excluding hydrogens is 232 g/mol. The highest BCUT2D eigenvalue weighted by Crippen LogP contribution is 2.70. The first-order valence-electron chi connectivity index (χ1n) is 8.45. The first-order chi connectivity index (χ1) is 8.91. The van der Waals surface area contributed by atoms with Gasteiger partial charge in [-0.05, 0) is 61.2 Å². The largest absolute Gasteiger partial charge is 0.299 e. The van der Waals surface area contributed by atoms with Crippen molar-refractivity contribution < 1.29 is 4.79 Å². The lowest BCUT2D eigenvalue weighted by atomic mass is 9.60. The number of fused-ring (bicyclic) bond motifs is 2. The highest BCUT2D eigenvalue weighted by Gasteiger charge is 2.63. The van der Waals surface area contributed by atoms with Gasteiger partial charge in [0.1, 0.15) is 5.78 Å². The predicted octanol–water partition coefficient (Wildman–Crippen LogP) is 4.84. The molecule has 0 spiro atoms. The Kier molecular flexibility index (Phi) is 3.11. The monoisotopic (exact) mass is 262 g/mol. The van der Waals surface area contributed by atoms with Crippen molar-refractivity contribution in [1.29, 1.82) is 0 Å². The van der Waals surface area contributed by atoms with Crippen LogP contribution in [0, 0.1) is 34.5 Å². The van der Waals surface area contributed by atoms with Gasteiger partial charge in [0.25, 0.3) is 0 Å². The molecule has 0 radical (unpaired) electrons. The summed E-state index contributed by atoms with van der Waals surface area (Å²) in [7, 11) is 0. The van der Waals surface area contributed by atoms with E-state index in [4.69, 9.17) is 0 Å². The first kappa shape index (κ1) is 13.6. The minimum absolute atomic E-state index is 0.379. The Balaban J connectivity index is 1.86. The first-order valence-corrected chi connectivity index (χ1v) is 8.45. The molecule has 3 aliphatic carbocycles. The Morgan fingerprint density at radius 2 is 1.89 bits per heavy atom. The lowest BCUT2D eigenvalue weighted by molar-refractivity contribution is -0.133. The van der Waals surface area contributed by atoms with Crippen LogP contribution in [-0.2, 0) is 4.79 Å². The SMILES string of the molecule is CCC1CCCC([C@@H]2C[C@H]3CC[C@]2(C)C3(C)C)C1=O. The van der Waals surface area contributed by atoms with Gasteiger partial charge in [-0.15, -0.1) is 0 Å². The van der Waals surface area contributed by atoms with Gasteiger partial charge in [-0.1, -0.05) is 34.1 Å². The van der Waals surface area contributed by atoms with Gasteiger partial charge in [-0.2, -0.15) is 0 Å². The Morgan fingerprint density at radius 1 is 1.16 bits per heavy atom. The van der Waals surface area contributed by atoms with E-state index in [0.29, 0.717) is 34.4 Å². The molecule has 0 aromatic heterocycles. The minimum Gasteiger partial charge on any atom is -0.299 e. The lowest BCUT2D eigenvalue weighted by Crippen LogP contribution is -2.41. The van der Waals surface area contributed by atoms with Crippen LogP contribution < -0.4 is 0 Å². The zero-order valence-corrected chi connectivity index (χ0v) is 13.2. The number of ketones is 1. The third-order valence-electron chi connectivity index (χ3n) is 7.68. The molecule has 3 fully saturated rings. The van der Waals surface area contributed by atoms with E-state index in [0.717, 1.165) is 18.8 Å². The molecule has 1 nitrogen and oxygen atoms in total. The number of rotatable bonds is 2. The summed E-state index contributed by atoms with van der Waals surface area (Å²) < 4.78 is 0. The summed E-state index contributed by atoms with van der Waals surface area (Å²) in [5.74, 6) is 2.96. The second-order valence-electron chi connectivity index (χ2n) is 8.26. The summed E-state index contributed by atoms with van der Waals surface area (Å²) in [6.45, 7) is 9.62. The van der Waals surface area contributed by atoms with Gasteiger partial charge in [0.15, 0.2) is 0 Å². The zero-order chi connectivity index (χ0) is 13.8. The van der Waals surface area contributed by atoms with Crippen molar-refractivity contribution in [2.45, 2.75) is 72.6 Å². The smallest absolute Gasteiger partial charge is 0.139 e. The van der Waals surface area contributed by atoms with Crippen molar-refractivity contribution in [2.75, 3.05) is 0 Å². The number of hydrogen-bond acceptors (Lipinski definition) is 1. The van der Waals surface area contributed by atoms with E-state index in [1.165, 1.54) is 32.1 Å². The molecule has 3 rings (SSSR count). The Labute approximate surface area is 118 Å². The van der Waals surface area contributed by atoms with Crippen LogP contribution >= 0.6 is 0 Å². The molecule has 2 unspecified atom stereocenters. The van der Waals surface area contributed by atoms with Crippen LogP contribution in [0.1, 0.15) is 72.6 Å². The molecular formula is C18H30O. The fourth-order valence-electron chi connectivity index (χ4n) is 5.85. The molecule has 0 heterocycles. The van der Waals surface area contributed by atoms with E-state index in [9.17, 15) is 4.79 Å². The van der Waals surface area contributed by atoms with Crippen molar-refractivity contribution >= 4 is 5.78 Å². The van der Waals surface area contributed by atoms with Gasteiger partial charge in [-0.3, -0.25) is 4.79 Å². The van der Waals surface area contributed by atoms with E-state index in [1.807, 2.05) is 0 Å². The van der Waals surface area contributed by atoms with Gasteiger partial charge in [0, 0.05) is 11.8 Å². The summed E-state index contributed by atoms with van der Waals surface area (Å²) in [6, 6.07) is 0. The quantitative estimate of drug-likeness (QED) is 0.695. The zero-order valence-electron chi connectivity index (χ0n) is 13.2. The second kappa shape index (κ2) is 4.33. The fourth-order valence-corrected chi connectivity index (χ4v) is 5.85. The molecule has 0 amide bonds. The summed E-state index contributed by atoms with van der Waals surface area (Å²) in [5.41, 5.74) is 0.880. The van der Waals surface area contributed by atoms with Crippen molar-refractivity contribution in [3.8, 4) is 0 Å². The summed E-state index contributed by atoms with van der Waals surface area (Å²) >= 11 is 0. The topological polar surface area (TPSA) is 17.1 Å². The molecule has 0 aromatic carbocycles. The van der Waals surface area contributed by atoms with Crippen LogP contribution in [0.4, 0.5) is 0 Å². The molecule has 19 heavy (non-hydrogen) atoms. The van der Waals surface area contributed by atoms with Gasteiger partial charge in [0.05, 0.1) is 0 Å². The van der Waals surface area contributed by atoms with E-state index in [2.05, 4.69) is 27.7 Å². The summed E-state index contributed by atoms with van der Waals surface area (Å²) in [6.07, 6.45) is 8.77. The maximum atomic E-state index is 12.8. The van der Waals surface area contributed by atoms with E-state index in [-0.39, 0.29) is 0 Å². The van der Waals surface area contributed by atoms with Crippen LogP contribution in [0.5, 0.6) is 0 Å². The van der Waals surface area contributed by atoms with Crippen LogP contribution in [0.2, 0.25) is 0 Å². The molecule has 3 aliphatic rings. The third kappa shape index (κ3) is 1.69. The minimum atomic E-state index is 0.379. The van der Waals surface area contributed by atoms with Gasteiger partial charge < -0.3 is 0 Å². The molecule has 108 valence electrons. The van der Waals surface area contributed by atoms with Crippen molar-refractivity contribution in [2.24, 2.45) is 34.5 Å². The van der Waals surface area contributed by atoms with Gasteiger partial charge >= 0.3 is 0 Å². The van der Waals surface area contributed by atoms with Crippen molar-refractivity contribution in [3.05, 3.63) is 0 Å². The average Bonchev–Trinajstić information content (AvgIpc) is 2.71. The highest BCUT2D eigenvalue weighted by molar-refractivity contribution is 5.84. The Morgan fingerprint density at radius 3 is 2.42 bits per heavy atom. The summed E-state index contributed by atoms with van der Waals surface area (Å²) in [4.78, 5) is 12.8.